The van der Waals surface area contributed by atoms with Gasteiger partial charge in [0.1, 0.15) is 5.75 Å². The lowest BCUT2D eigenvalue weighted by atomic mass is 10.1. The molecule has 5 heteroatoms. The van der Waals surface area contributed by atoms with Gasteiger partial charge in [-0.15, -0.1) is 11.6 Å². The second kappa shape index (κ2) is 7.24. The number of carbonyl (C=O) groups excluding carboxylic acids is 1. The Morgan fingerprint density at radius 2 is 2.17 bits per heavy atom. The zero-order valence-corrected chi connectivity index (χ0v) is 11.4. The second-order valence-electron chi connectivity index (χ2n) is 3.98. The maximum Gasteiger partial charge on any atom is 0.254 e. The Balaban J connectivity index is 2.83. The van der Waals surface area contributed by atoms with Crippen LogP contribution in [0.1, 0.15) is 15.9 Å². The van der Waals surface area contributed by atoms with Crippen LogP contribution >= 0.6 is 11.6 Å². The molecule has 4 nitrogen and oxygen atoms in total. The Morgan fingerprint density at radius 3 is 2.72 bits per heavy atom. The summed E-state index contributed by atoms with van der Waals surface area (Å²) in [6.45, 7) is 3.18. The van der Waals surface area contributed by atoms with Crippen LogP contribution in [0.4, 0.5) is 0 Å². The van der Waals surface area contributed by atoms with Crippen molar-refractivity contribution in [3.8, 4) is 5.75 Å². The standard InChI is InChI=1S/C13H18ClNO3/c1-10-3-4-11(9-12(10)16)13(17)15(6-5-14)7-8-18-2/h3-4,9,16H,5-8H2,1-2H3. The zero-order valence-electron chi connectivity index (χ0n) is 10.6. The lowest BCUT2D eigenvalue weighted by Crippen LogP contribution is -2.35. The fourth-order valence-corrected chi connectivity index (χ4v) is 1.75. The SMILES string of the molecule is COCCN(CCCl)C(=O)c1ccc(C)c(O)c1. The molecule has 0 spiro atoms. The zero-order chi connectivity index (χ0) is 13.5. The van der Waals surface area contributed by atoms with Crippen molar-refractivity contribution in [1.82, 2.24) is 4.90 Å². The van der Waals surface area contributed by atoms with E-state index in [4.69, 9.17) is 16.3 Å². The highest BCUT2D eigenvalue weighted by molar-refractivity contribution is 6.18. The summed E-state index contributed by atoms with van der Waals surface area (Å²) in [5.74, 6) is 0.342. The number of rotatable bonds is 6. The van der Waals surface area contributed by atoms with E-state index in [2.05, 4.69) is 0 Å². The highest BCUT2D eigenvalue weighted by atomic mass is 35.5. The van der Waals surface area contributed by atoms with Crippen molar-refractivity contribution in [2.45, 2.75) is 6.92 Å². The number of halogens is 1. The number of ether oxygens (including phenoxy) is 1. The van der Waals surface area contributed by atoms with E-state index < -0.39 is 0 Å². The van der Waals surface area contributed by atoms with Crippen LogP contribution < -0.4 is 0 Å². The summed E-state index contributed by atoms with van der Waals surface area (Å²) < 4.78 is 4.96. The van der Waals surface area contributed by atoms with Gasteiger partial charge >= 0.3 is 0 Å². The first-order valence-electron chi connectivity index (χ1n) is 5.74. The van der Waals surface area contributed by atoms with E-state index >= 15 is 0 Å². The first kappa shape index (κ1) is 14.8. The van der Waals surface area contributed by atoms with Gasteiger partial charge < -0.3 is 14.7 Å². The van der Waals surface area contributed by atoms with Crippen molar-refractivity contribution >= 4 is 17.5 Å². The predicted octanol–water partition coefficient (Wildman–Crippen LogP) is 2.03. The molecule has 0 aliphatic heterocycles. The number of aromatic hydroxyl groups is 1. The van der Waals surface area contributed by atoms with E-state index in [1.807, 2.05) is 0 Å². The van der Waals surface area contributed by atoms with Crippen LogP contribution in [-0.4, -0.2) is 48.6 Å². The summed E-state index contributed by atoms with van der Waals surface area (Å²) in [5, 5.41) is 9.62. The Bertz CT molecular complexity index is 409. The fraction of sp³-hybridized carbons (Fsp3) is 0.462. The van der Waals surface area contributed by atoms with Gasteiger partial charge in [-0.25, -0.2) is 0 Å². The molecule has 0 saturated carbocycles. The summed E-state index contributed by atoms with van der Waals surface area (Å²) >= 11 is 5.68. The lowest BCUT2D eigenvalue weighted by molar-refractivity contribution is 0.0707. The summed E-state index contributed by atoms with van der Waals surface area (Å²) in [7, 11) is 1.58. The maximum atomic E-state index is 12.2. The Morgan fingerprint density at radius 1 is 1.44 bits per heavy atom. The van der Waals surface area contributed by atoms with Gasteiger partial charge in [0.05, 0.1) is 6.61 Å². The monoisotopic (exact) mass is 271 g/mol. The molecule has 1 amide bonds. The first-order chi connectivity index (χ1) is 8.60. The molecule has 18 heavy (non-hydrogen) atoms. The van der Waals surface area contributed by atoms with Gasteiger partial charge in [-0.05, 0) is 24.6 Å². The van der Waals surface area contributed by atoms with E-state index in [0.29, 0.717) is 31.1 Å². The summed E-state index contributed by atoms with van der Waals surface area (Å²) in [5.41, 5.74) is 1.20. The third kappa shape index (κ3) is 3.89. The molecule has 0 radical (unpaired) electrons. The van der Waals surface area contributed by atoms with Crippen molar-refractivity contribution < 1.29 is 14.6 Å². The number of benzene rings is 1. The van der Waals surface area contributed by atoms with Crippen molar-refractivity contribution in [3.05, 3.63) is 29.3 Å². The molecule has 1 aromatic carbocycles. The number of carbonyl (C=O) groups is 1. The molecule has 0 heterocycles. The van der Waals surface area contributed by atoms with Crippen LogP contribution in [0.2, 0.25) is 0 Å². The van der Waals surface area contributed by atoms with E-state index in [1.54, 1.807) is 31.1 Å². The van der Waals surface area contributed by atoms with Crippen molar-refractivity contribution in [2.24, 2.45) is 0 Å². The molecular weight excluding hydrogens is 254 g/mol. The average Bonchev–Trinajstić information content (AvgIpc) is 2.37. The summed E-state index contributed by atoms with van der Waals surface area (Å²) in [4.78, 5) is 13.8. The number of amides is 1. The molecule has 0 aliphatic rings. The third-order valence-electron chi connectivity index (χ3n) is 2.66. The quantitative estimate of drug-likeness (QED) is 0.806. The highest BCUT2D eigenvalue weighted by Gasteiger charge is 2.15. The van der Waals surface area contributed by atoms with Crippen molar-refractivity contribution in [3.63, 3.8) is 0 Å². The van der Waals surface area contributed by atoms with Crippen LogP contribution in [0.25, 0.3) is 0 Å². The van der Waals surface area contributed by atoms with Crippen LogP contribution in [0.3, 0.4) is 0 Å². The fourth-order valence-electron chi connectivity index (χ4n) is 1.54. The van der Waals surface area contributed by atoms with Gasteiger partial charge in [0.25, 0.3) is 5.91 Å². The molecule has 0 saturated heterocycles. The molecule has 1 N–H and O–H groups in total. The minimum atomic E-state index is -0.150. The number of hydrogen-bond acceptors (Lipinski definition) is 3. The Hall–Kier alpha value is -1.26. The van der Waals surface area contributed by atoms with Crippen LogP contribution in [0, 0.1) is 6.92 Å². The molecule has 0 fully saturated rings. The van der Waals surface area contributed by atoms with Crippen molar-refractivity contribution in [2.75, 3.05) is 32.7 Å². The largest absolute Gasteiger partial charge is 0.508 e. The molecule has 0 aromatic heterocycles. The number of hydrogen-bond donors (Lipinski definition) is 1. The van der Waals surface area contributed by atoms with E-state index in [-0.39, 0.29) is 11.7 Å². The highest BCUT2D eigenvalue weighted by Crippen LogP contribution is 2.18. The molecular formula is C13H18ClNO3. The van der Waals surface area contributed by atoms with Gasteiger partial charge in [-0.2, -0.15) is 0 Å². The number of phenolic OH excluding ortho intramolecular Hbond substituents is 1. The Labute approximate surface area is 112 Å². The molecule has 1 aromatic rings. The lowest BCUT2D eigenvalue weighted by Gasteiger charge is -2.21. The number of methoxy groups -OCH3 is 1. The normalized spacial score (nSPS) is 10.4. The molecule has 0 unspecified atom stereocenters. The minimum Gasteiger partial charge on any atom is -0.508 e. The second-order valence-corrected chi connectivity index (χ2v) is 4.35. The molecule has 0 bridgehead atoms. The van der Waals surface area contributed by atoms with Gasteiger partial charge in [-0.3, -0.25) is 4.79 Å². The summed E-state index contributed by atoms with van der Waals surface area (Å²) in [6, 6.07) is 4.90. The van der Waals surface area contributed by atoms with Crippen molar-refractivity contribution in [1.29, 1.82) is 0 Å². The summed E-state index contributed by atoms with van der Waals surface area (Å²) in [6.07, 6.45) is 0. The van der Waals surface area contributed by atoms with Crippen LogP contribution in [-0.2, 0) is 4.74 Å². The molecule has 0 aliphatic carbocycles. The van der Waals surface area contributed by atoms with Gasteiger partial charge in [0.2, 0.25) is 0 Å². The Kier molecular flexibility index (Phi) is 5.95. The molecule has 100 valence electrons. The molecule has 0 atom stereocenters. The maximum absolute atomic E-state index is 12.2. The van der Waals surface area contributed by atoms with Crippen LogP contribution in [0.5, 0.6) is 5.75 Å². The van der Waals surface area contributed by atoms with Crippen LogP contribution in [0.15, 0.2) is 18.2 Å². The van der Waals surface area contributed by atoms with E-state index in [0.717, 1.165) is 5.56 Å². The van der Waals surface area contributed by atoms with E-state index in [1.165, 1.54) is 6.07 Å². The minimum absolute atomic E-state index is 0.124. The van der Waals surface area contributed by atoms with Gasteiger partial charge in [-0.1, -0.05) is 6.07 Å². The average molecular weight is 272 g/mol. The third-order valence-corrected chi connectivity index (χ3v) is 2.83. The number of alkyl halides is 1. The smallest absolute Gasteiger partial charge is 0.254 e. The van der Waals surface area contributed by atoms with Gasteiger partial charge in [0.15, 0.2) is 0 Å². The number of aryl methyl sites for hydroxylation is 1. The van der Waals surface area contributed by atoms with E-state index in [9.17, 15) is 9.90 Å². The number of phenols is 1. The first-order valence-corrected chi connectivity index (χ1v) is 6.27. The predicted molar refractivity (Wildman–Crippen MR) is 71.3 cm³/mol. The number of nitrogens with zero attached hydrogens (tertiary/aromatic N) is 1. The van der Waals surface area contributed by atoms with Gasteiger partial charge in [0, 0.05) is 31.6 Å². The molecule has 1 rings (SSSR count). The topological polar surface area (TPSA) is 49.8 Å².